The van der Waals surface area contributed by atoms with E-state index in [1.807, 2.05) is 0 Å². The lowest BCUT2D eigenvalue weighted by Gasteiger charge is -2.24. The summed E-state index contributed by atoms with van der Waals surface area (Å²) in [4.78, 5) is 29.0. The number of anilines is 2. The minimum atomic E-state index is -3.76. The SMILES string of the molecule is Cc1csc(NS(=O)(=O)c2ccc(N3C(=O)CCCC3=O)cc2)n1. The van der Waals surface area contributed by atoms with Crippen molar-refractivity contribution in [2.45, 2.75) is 31.1 Å². The topological polar surface area (TPSA) is 96.4 Å². The van der Waals surface area contributed by atoms with Crippen molar-refractivity contribution >= 4 is 44.0 Å². The van der Waals surface area contributed by atoms with Crippen LogP contribution in [0.15, 0.2) is 34.5 Å². The van der Waals surface area contributed by atoms with E-state index >= 15 is 0 Å². The van der Waals surface area contributed by atoms with Gasteiger partial charge in [-0.25, -0.2) is 13.4 Å². The van der Waals surface area contributed by atoms with Gasteiger partial charge >= 0.3 is 0 Å². The first-order valence-corrected chi connectivity index (χ1v) is 9.64. The van der Waals surface area contributed by atoms with Crippen LogP contribution in [-0.2, 0) is 19.6 Å². The third-order valence-electron chi connectivity index (χ3n) is 3.53. The maximum Gasteiger partial charge on any atom is 0.263 e. The van der Waals surface area contributed by atoms with E-state index in [2.05, 4.69) is 9.71 Å². The van der Waals surface area contributed by atoms with Crippen LogP contribution in [-0.4, -0.2) is 25.2 Å². The highest BCUT2D eigenvalue weighted by molar-refractivity contribution is 7.93. The number of hydrogen-bond acceptors (Lipinski definition) is 6. The van der Waals surface area contributed by atoms with Gasteiger partial charge in [0.1, 0.15) is 0 Å². The second-order valence-corrected chi connectivity index (χ2v) is 7.91. The number of carbonyl (C=O) groups excluding carboxylic acids is 2. The van der Waals surface area contributed by atoms with Crippen molar-refractivity contribution in [3.05, 3.63) is 35.3 Å². The average molecular weight is 365 g/mol. The molecule has 1 aliphatic heterocycles. The number of carbonyl (C=O) groups is 2. The van der Waals surface area contributed by atoms with Crippen LogP contribution in [0.1, 0.15) is 25.0 Å². The molecular formula is C15H15N3O4S2. The van der Waals surface area contributed by atoms with Crippen LogP contribution in [0.5, 0.6) is 0 Å². The average Bonchev–Trinajstić information content (AvgIpc) is 2.92. The van der Waals surface area contributed by atoms with Gasteiger partial charge in [-0.2, -0.15) is 0 Å². The number of nitrogens with one attached hydrogen (secondary N) is 1. The van der Waals surface area contributed by atoms with Crippen LogP contribution in [0.3, 0.4) is 0 Å². The van der Waals surface area contributed by atoms with Crippen LogP contribution < -0.4 is 9.62 Å². The molecule has 2 amide bonds. The van der Waals surface area contributed by atoms with Crippen molar-refractivity contribution in [3.63, 3.8) is 0 Å². The van der Waals surface area contributed by atoms with Gasteiger partial charge in [-0.15, -0.1) is 11.3 Å². The van der Waals surface area contributed by atoms with E-state index in [9.17, 15) is 18.0 Å². The molecule has 2 heterocycles. The second kappa shape index (κ2) is 6.33. The Morgan fingerprint density at radius 1 is 1.12 bits per heavy atom. The molecule has 0 aliphatic carbocycles. The molecule has 24 heavy (non-hydrogen) atoms. The summed E-state index contributed by atoms with van der Waals surface area (Å²) in [5.41, 5.74) is 1.11. The number of nitrogens with zero attached hydrogens (tertiary/aromatic N) is 2. The third-order valence-corrected chi connectivity index (χ3v) is 5.89. The molecule has 9 heteroatoms. The zero-order valence-corrected chi connectivity index (χ0v) is 14.5. The molecule has 0 bridgehead atoms. The van der Waals surface area contributed by atoms with Crippen molar-refractivity contribution in [2.75, 3.05) is 9.62 Å². The van der Waals surface area contributed by atoms with Crippen molar-refractivity contribution in [2.24, 2.45) is 0 Å². The van der Waals surface area contributed by atoms with Crippen molar-refractivity contribution in [1.82, 2.24) is 4.98 Å². The number of sulfonamides is 1. The highest BCUT2D eigenvalue weighted by Crippen LogP contribution is 2.25. The molecule has 126 valence electrons. The summed E-state index contributed by atoms with van der Waals surface area (Å²) in [6, 6.07) is 5.66. The van der Waals surface area contributed by atoms with E-state index in [0.717, 1.165) is 10.6 Å². The van der Waals surface area contributed by atoms with Crippen LogP contribution in [0.4, 0.5) is 10.8 Å². The summed E-state index contributed by atoms with van der Waals surface area (Å²) < 4.78 is 27.1. The van der Waals surface area contributed by atoms with Crippen LogP contribution in [0.25, 0.3) is 0 Å². The summed E-state index contributed by atoms with van der Waals surface area (Å²) in [5, 5.41) is 2.03. The molecule has 0 radical (unpaired) electrons. The van der Waals surface area contributed by atoms with Gasteiger partial charge in [-0.3, -0.25) is 19.2 Å². The zero-order valence-electron chi connectivity index (χ0n) is 12.9. The van der Waals surface area contributed by atoms with Crippen molar-refractivity contribution < 1.29 is 18.0 Å². The number of amides is 2. The van der Waals surface area contributed by atoms with E-state index in [1.165, 1.54) is 35.6 Å². The molecule has 3 rings (SSSR count). The number of aryl methyl sites for hydroxylation is 1. The molecular weight excluding hydrogens is 350 g/mol. The highest BCUT2D eigenvalue weighted by Gasteiger charge is 2.27. The van der Waals surface area contributed by atoms with Gasteiger partial charge in [0.2, 0.25) is 11.8 Å². The Labute approximate surface area is 143 Å². The molecule has 1 fully saturated rings. The summed E-state index contributed by atoms with van der Waals surface area (Å²) in [6.07, 6.45) is 1.19. The molecule has 0 unspecified atom stereocenters. The first-order valence-electron chi connectivity index (χ1n) is 7.27. The van der Waals surface area contributed by atoms with E-state index < -0.39 is 10.0 Å². The Kier molecular flexibility index (Phi) is 4.37. The number of thiazole rings is 1. The predicted molar refractivity (Wildman–Crippen MR) is 90.4 cm³/mol. The summed E-state index contributed by atoms with van der Waals surface area (Å²) in [7, 11) is -3.76. The van der Waals surface area contributed by atoms with Crippen molar-refractivity contribution in [3.8, 4) is 0 Å². The van der Waals surface area contributed by atoms with Gasteiger partial charge in [0.05, 0.1) is 16.3 Å². The fourth-order valence-corrected chi connectivity index (χ4v) is 4.33. The van der Waals surface area contributed by atoms with Crippen LogP contribution in [0.2, 0.25) is 0 Å². The number of aromatic nitrogens is 1. The minimum Gasteiger partial charge on any atom is -0.274 e. The Bertz CT molecular complexity index is 872. The Hall–Kier alpha value is -2.26. The number of benzene rings is 1. The number of rotatable bonds is 4. The fourth-order valence-electron chi connectivity index (χ4n) is 2.39. The Balaban J connectivity index is 1.83. The molecule has 0 spiro atoms. The lowest BCUT2D eigenvalue weighted by molar-refractivity contribution is -0.129. The van der Waals surface area contributed by atoms with E-state index in [0.29, 0.717) is 24.9 Å². The molecule has 7 nitrogen and oxygen atoms in total. The molecule has 2 aromatic rings. The summed E-state index contributed by atoms with van der Waals surface area (Å²) >= 11 is 1.20. The van der Waals surface area contributed by atoms with Crippen LogP contribution in [0, 0.1) is 6.92 Å². The Morgan fingerprint density at radius 2 is 1.75 bits per heavy atom. The standard InChI is InChI=1S/C15H15N3O4S2/c1-10-9-23-15(16-10)17-24(21,22)12-7-5-11(6-8-12)18-13(19)3-2-4-14(18)20/h5-9H,2-4H2,1H3,(H,16,17). The minimum absolute atomic E-state index is 0.0380. The zero-order chi connectivity index (χ0) is 17.3. The molecule has 1 saturated heterocycles. The second-order valence-electron chi connectivity index (χ2n) is 5.37. The number of imide groups is 1. The monoisotopic (exact) mass is 365 g/mol. The molecule has 1 aromatic heterocycles. The first kappa shape index (κ1) is 16.6. The van der Waals surface area contributed by atoms with Gasteiger partial charge in [0, 0.05) is 18.2 Å². The van der Waals surface area contributed by atoms with Gasteiger partial charge in [-0.1, -0.05) is 0 Å². The quantitative estimate of drug-likeness (QED) is 0.839. The van der Waals surface area contributed by atoms with Crippen molar-refractivity contribution in [1.29, 1.82) is 0 Å². The maximum absolute atomic E-state index is 12.3. The maximum atomic E-state index is 12.3. The summed E-state index contributed by atoms with van der Waals surface area (Å²) in [6.45, 7) is 1.77. The van der Waals surface area contributed by atoms with E-state index in [-0.39, 0.29) is 21.8 Å². The molecule has 0 atom stereocenters. The summed E-state index contributed by atoms with van der Waals surface area (Å²) in [5.74, 6) is -0.531. The van der Waals surface area contributed by atoms with E-state index in [4.69, 9.17) is 0 Å². The van der Waals surface area contributed by atoms with Gasteiger partial charge in [0.25, 0.3) is 10.0 Å². The molecule has 1 aliphatic rings. The number of hydrogen-bond donors (Lipinski definition) is 1. The molecule has 1 N–H and O–H groups in total. The van der Waals surface area contributed by atoms with Gasteiger partial charge in [-0.05, 0) is 37.6 Å². The highest BCUT2D eigenvalue weighted by atomic mass is 32.2. The fraction of sp³-hybridized carbons (Fsp3) is 0.267. The number of piperidine rings is 1. The Morgan fingerprint density at radius 3 is 2.29 bits per heavy atom. The predicted octanol–water partition coefficient (Wildman–Crippen LogP) is 2.30. The smallest absolute Gasteiger partial charge is 0.263 e. The lowest BCUT2D eigenvalue weighted by Crippen LogP contribution is -2.40. The van der Waals surface area contributed by atoms with Gasteiger partial charge < -0.3 is 0 Å². The third kappa shape index (κ3) is 3.31. The normalized spacial score (nSPS) is 15.6. The molecule has 1 aromatic carbocycles. The van der Waals surface area contributed by atoms with Gasteiger partial charge in [0.15, 0.2) is 5.13 Å². The largest absolute Gasteiger partial charge is 0.274 e. The molecule has 0 saturated carbocycles. The lowest BCUT2D eigenvalue weighted by atomic mass is 10.1. The van der Waals surface area contributed by atoms with Crippen LogP contribution >= 0.6 is 11.3 Å². The van der Waals surface area contributed by atoms with E-state index in [1.54, 1.807) is 12.3 Å². The first-order chi connectivity index (χ1) is 11.4.